The number of thioether (sulfide) groups is 1. The van der Waals surface area contributed by atoms with Gasteiger partial charge in [0.15, 0.2) is 0 Å². The molecule has 0 spiro atoms. The van der Waals surface area contributed by atoms with Crippen LogP contribution in [0.1, 0.15) is 43.7 Å². The Kier molecular flexibility index (Phi) is 5.25. The average molecular weight is 415 g/mol. The van der Waals surface area contributed by atoms with Crippen LogP contribution in [-0.4, -0.2) is 37.1 Å². The topological polar surface area (TPSA) is 66.7 Å². The molecule has 0 unspecified atom stereocenters. The molecule has 6 nitrogen and oxygen atoms in total. The number of anilines is 1. The third kappa shape index (κ3) is 3.35. The van der Waals surface area contributed by atoms with E-state index in [0.29, 0.717) is 32.8 Å². The van der Waals surface area contributed by atoms with Crippen molar-refractivity contribution in [2.24, 2.45) is 0 Å². The predicted octanol–water partition coefficient (Wildman–Crippen LogP) is 3.58. The molecule has 8 heteroatoms. The van der Waals surface area contributed by atoms with Crippen molar-refractivity contribution in [3.8, 4) is 0 Å². The van der Waals surface area contributed by atoms with Crippen molar-refractivity contribution < 1.29 is 4.79 Å². The molecule has 1 saturated carbocycles. The summed E-state index contributed by atoms with van der Waals surface area (Å²) in [5.41, 5.74) is 1.72. The van der Waals surface area contributed by atoms with Gasteiger partial charge in [0.25, 0.3) is 11.5 Å². The standard InChI is InChI=1S/C20H22N4O2S2/c1-3-21-17-14(18(25)23-11-12(2)8-9-16(23)22-17)10-15-19(26)24(20(27)28-15)13-6-4-5-7-13/h8-11,13,21H,3-7H2,1-2H3. The quantitative estimate of drug-likeness (QED) is 0.609. The van der Waals surface area contributed by atoms with Crippen LogP contribution in [0, 0.1) is 6.92 Å². The molecule has 0 radical (unpaired) electrons. The Morgan fingerprint density at radius 2 is 2.07 bits per heavy atom. The number of hydrogen-bond donors (Lipinski definition) is 1. The summed E-state index contributed by atoms with van der Waals surface area (Å²) in [7, 11) is 0. The molecule has 2 fully saturated rings. The molecule has 3 heterocycles. The monoisotopic (exact) mass is 414 g/mol. The van der Waals surface area contributed by atoms with E-state index in [4.69, 9.17) is 12.2 Å². The van der Waals surface area contributed by atoms with Crippen molar-refractivity contribution in [3.05, 3.63) is 44.7 Å². The number of aromatic nitrogens is 2. The first-order valence-electron chi connectivity index (χ1n) is 9.53. The number of amides is 1. The highest BCUT2D eigenvalue weighted by molar-refractivity contribution is 8.26. The minimum absolute atomic E-state index is 0.0990. The summed E-state index contributed by atoms with van der Waals surface area (Å²) < 4.78 is 2.11. The van der Waals surface area contributed by atoms with E-state index in [-0.39, 0.29) is 17.5 Å². The van der Waals surface area contributed by atoms with E-state index in [1.54, 1.807) is 17.2 Å². The van der Waals surface area contributed by atoms with E-state index >= 15 is 0 Å². The van der Waals surface area contributed by atoms with Gasteiger partial charge in [-0.05, 0) is 44.4 Å². The van der Waals surface area contributed by atoms with Crippen LogP contribution < -0.4 is 10.9 Å². The molecule has 0 bridgehead atoms. The van der Waals surface area contributed by atoms with Crippen molar-refractivity contribution in [2.75, 3.05) is 11.9 Å². The molecule has 2 aromatic heterocycles. The third-order valence-corrected chi connectivity index (χ3v) is 6.47. The Morgan fingerprint density at radius 3 is 2.79 bits per heavy atom. The number of thiocarbonyl (C=S) groups is 1. The Bertz CT molecular complexity index is 1050. The minimum Gasteiger partial charge on any atom is -0.370 e. The summed E-state index contributed by atoms with van der Waals surface area (Å²) >= 11 is 6.74. The zero-order valence-corrected chi connectivity index (χ0v) is 17.5. The van der Waals surface area contributed by atoms with Gasteiger partial charge in [0, 0.05) is 18.8 Å². The number of pyridine rings is 1. The van der Waals surface area contributed by atoms with Crippen molar-refractivity contribution in [1.82, 2.24) is 14.3 Å². The van der Waals surface area contributed by atoms with Crippen molar-refractivity contribution >= 4 is 51.7 Å². The largest absolute Gasteiger partial charge is 0.370 e. The lowest BCUT2D eigenvalue weighted by molar-refractivity contribution is -0.123. The summed E-state index contributed by atoms with van der Waals surface area (Å²) in [6.07, 6.45) is 7.64. The molecular weight excluding hydrogens is 392 g/mol. The SMILES string of the molecule is CCNc1nc2ccc(C)cn2c(=O)c1C=C1SC(=S)N(C2CCCC2)C1=O. The zero-order chi connectivity index (χ0) is 19.8. The fourth-order valence-corrected chi connectivity index (χ4v) is 5.16. The van der Waals surface area contributed by atoms with E-state index in [2.05, 4.69) is 10.3 Å². The fraction of sp³-hybridized carbons (Fsp3) is 0.400. The molecule has 28 heavy (non-hydrogen) atoms. The number of carbonyl (C=O) groups excluding carboxylic acids is 1. The van der Waals surface area contributed by atoms with Crippen molar-refractivity contribution in [3.63, 3.8) is 0 Å². The number of nitrogens with one attached hydrogen (secondary N) is 1. The number of fused-ring (bicyclic) bond motifs is 1. The number of aryl methyl sites for hydroxylation is 1. The average Bonchev–Trinajstić information content (AvgIpc) is 3.27. The van der Waals surface area contributed by atoms with Crippen LogP contribution in [0.25, 0.3) is 11.7 Å². The van der Waals surface area contributed by atoms with Crippen LogP contribution in [0.4, 0.5) is 5.82 Å². The Hall–Kier alpha value is -2.19. The minimum atomic E-state index is -0.198. The normalized spacial score (nSPS) is 19.4. The van der Waals surface area contributed by atoms with E-state index in [1.165, 1.54) is 16.2 Å². The zero-order valence-electron chi connectivity index (χ0n) is 15.9. The van der Waals surface area contributed by atoms with E-state index in [1.807, 2.05) is 26.0 Å². The second-order valence-corrected chi connectivity index (χ2v) is 8.81. The molecule has 1 aliphatic heterocycles. The lowest BCUT2D eigenvalue weighted by atomic mass is 10.2. The number of carbonyl (C=O) groups is 1. The number of rotatable bonds is 4. The van der Waals surface area contributed by atoms with Crippen molar-refractivity contribution in [2.45, 2.75) is 45.6 Å². The van der Waals surface area contributed by atoms with Gasteiger partial charge >= 0.3 is 0 Å². The summed E-state index contributed by atoms with van der Waals surface area (Å²) in [5, 5.41) is 3.15. The first-order chi connectivity index (χ1) is 13.5. The Balaban J connectivity index is 1.81. The first kappa shape index (κ1) is 19.1. The summed E-state index contributed by atoms with van der Waals surface area (Å²) in [4.78, 5) is 33.0. The maximum atomic E-state index is 13.2. The van der Waals surface area contributed by atoms with Gasteiger partial charge in [-0.1, -0.05) is 42.9 Å². The van der Waals surface area contributed by atoms with Gasteiger partial charge in [0.05, 0.1) is 10.5 Å². The second-order valence-electron chi connectivity index (χ2n) is 7.13. The van der Waals surface area contributed by atoms with Crippen LogP contribution in [0.2, 0.25) is 0 Å². The molecule has 1 saturated heterocycles. The molecule has 4 rings (SSSR count). The predicted molar refractivity (Wildman–Crippen MR) is 118 cm³/mol. The van der Waals surface area contributed by atoms with Gasteiger partial charge in [-0.15, -0.1) is 0 Å². The maximum absolute atomic E-state index is 13.2. The fourth-order valence-electron chi connectivity index (χ4n) is 3.78. The molecule has 0 aromatic carbocycles. The molecule has 2 aliphatic rings. The van der Waals surface area contributed by atoms with Gasteiger partial charge in [-0.2, -0.15) is 0 Å². The smallest absolute Gasteiger partial charge is 0.267 e. The highest BCUT2D eigenvalue weighted by atomic mass is 32.2. The third-order valence-electron chi connectivity index (χ3n) is 5.14. The number of nitrogens with zero attached hydrogens (tertiary/aromatic N) is 3. The van der Waals surface area contributed by atoms with E-state index < -0.39 is 0 Å². The van der Waals surface area contributed by atoms with Crippen LogP contribution >= 0.6 is 24.0 Å². The van der Waals surface area contributed by atoms with Gasteiger partial charge in [-0.25, -0.2) is 4.98 Å². The molecule has 1 amide bonds. The molecule has 2 aromatic rings. The highest BCUT2D eigenvalue weighted by Gasteiger charge is 2.38. The molecular formula is C20H22N4O2S2. The summed E-state index contributed by atoms with van der Waals surface area (Å²) in [5.74, 6) is 0.389. The van der Waals surface area contributed by atoms with Gasteiger partial charge in [-0.3, -0.25) is 18.9 Å². The molecule has 1 aliphatic carbocycles. The Labute approximate surface area is 173 Å². The van der Waals surface area contributed by atoms with Crippen LogP contribution in [0.15, 0.2) is 28.0 Å². The highest BCUT2D eigenvalue weighted by Crippen LogP contribution is 2.38. The molecule has 0 atom stereocenters. The number of hydrogen-bond acceptors (Lipinski definition) is 6. The Morgan fingerprint density at radius 1 is 1.32 bits per heavy atom. The first-order valence-corrected chi connectivity index (χ1v) is 10.8. The van der Waals surface area contributed by atoms with Gasteiger partial charge < -0.3 is 5.32 Å². The van der Waals surface area contributed by atoms with E-state index in [9.17, 15) is 9.59 Å². The van der Waals surface area contributed by atoms with Crippen LogP contribution in [0.3, 0.4) is 0 Å². The van der Waals surface area contributed by atoms with Gasteiger partial charge in [0.1, 0.15) is 15.8 Å². The van der Waals surface area contributed by atoms with E-state index in [0.717, 1.165) is 31.2 Å². The summed E-state index contributed by atoms with van der Waals surface area (Å²) in [6.45, 7) is 4.50. The summed E-state index contributed by atoms with van der Waals surface area (Å²) in [6, 6.07) is 3.93. The van der Waals surface area contributed by atoms with Crippen molar-refractivity contribution in [1.29, 1.82) is 0 Å². The van der Waals surface area contributed by atoms with Gasteiger partial charge in [0.2, 0.25) is 0 Å². The molecule has 1 N–H and O–H groups in total. The second kappa shape index (κ2) is 7.67. The maximum Gasteiger partial charge on any atom is 0.267 e. The lowest BCUT2D eigenvalue weighted by Crippen LogP contribution is -2.36. The van der Waals surface area contributed by atoms with Crippen LogP contribution in [-0.2, 0) is 4.79 Å². The lowest BCUT2D eigenvalue weighted by Gasteiger charge is -2.21. The molecule has 146 valence electrons. The van der Waals surface area contributed by atoms with Crippen LogP contribution in [0.5, 0.6) is 0 Å².